The number of carbonyl (C=O) groups is 1. The fourth-order valence-corrected chi connectivity index (χ4v) is 4.10. The van der Waals surface area contributed by atoms with Crippen LogP contribution in [0.4, 0.5) is 0 Å². The molecule has 2 N–H and O–H groups in total. The highest BCUT2D eigenvalue weighted by atomic mass is 16.3. The van der Waals surface area contributed by atoms with Gasteiger partial charge in [-0.05, 0) is 43.5 Å². The highest BCUT2D eigenvalue weighted by Gasteiger charge is 2.23. The number of hydrogen-bond acceptors (Lipinski definition) is 5. The molecule has 1 aliphatic rings. The molecule has 2 aromatic heterocycles. The first-order valence-corrected chi connectivity index (χ1v) is 10.8. The summed E-state index contributed by atoms with van der Waals surface area (Å²) in [4.78, 5) is 19.7. The number of aliphatic hydroxyl groups is 1. The zero-order chi connectivity index (χ0) is 20.8. The van der Waals surface area contributed by atoms with E-state index < -0.39 is 0 Å². The van der Waals surface area contributed by atoms with E-state index in [9.17, 15) is 4.79 Å². The fraction of sp³-hybridized carbons (Fsp3) is 0.435. The number of nitrogens with one attached hydrogen (secondary N) is 1. The monoisotopic (exact) mass is 407 g/mol. The van der Waals surface area contributed by atoms with Gasteiger partial charge in [0, 0.05) is 31.6 Å². The molecule has 1 amide bonds. The number of amides is 1. The Morgan fingerprint density at radius 1 is 1.13 bits per heavy atom. The highest BCUT2D eigenvalue weighted by Crippen LogP contribution is 2.23. The van der Waals surface area contributed by atoms with E-state index in [0.717, 1.165) is 18.7 Å². The molecule has 3 aromatic rings. The molecular formula is C23H29N5O2. The summed E-state index contributed by atoms with van der Waals surface area (Å²) in [6.45, 7) is 2.71. The summed E-state index contributed by atoms with van der Waals surface area (Å²) in [6, 6.07) is 12.3. The van der Waals surface area contributed by atoms with Crippen molar-refractivity contribution < 1.29 is 9.90 Å². The number of aromatic nitrogens is 3. The first kappa shape index (κ1) is 20.5. The third kappa shape index (κ3) is 4.86. The van der Waals surface area contributed by atoms with Crippen LogP contribution in [0.15, 0.2) is 48.8 Å². The maximum Gasteiger partial charge on any atom is 0.271 e. The number of benzene rings is 1. The summed E-state index contributed by atoms with van der Waals surface area (Å²) in [6.07, 6.45) is 8.98. The largest absolute Gasteiger partial charge is 0.396 e. The van der Waals surface area contributed by atoms with Gasteiger partial charge in [0.2, 0.25) is 0 Å². The molecule has 30 heavy (non-hydrogen) atoms. The molecular weight excluding hydrogens is 378 g/mol. The second-order valence-corrected chi connectivity index (χ2v) is 7.85. The number of nitrogens with zero attached hydrogens (tertiary/aromatic N) is 4. The summed E-state index contributed by atoms with van der Waals surface area (Å²) >= 11 is 0. The normalized spacial score (nSPS) is 16.3. The van der Waals surface area contributed by atoms with Crippen LogP contribution in [0.2, 0.25) is 0 Å². The van der Waals surface area contributed by atoms with Crippen molar-refractivity contribution in [2.75, 3.05) is 26.2 Å². The average Bonchev–Trinajstić information content (AvgIpc) is 3.01. The Labute approximate surface area is 176 Å². The van der Waals surface area contributed by atoms with Crippen molar-refractivity contribution in [2.45, 2.75) is 38.1 Å². The Bertz CT molecular complexity index is 964. The standard InChI is InChI=1S/C23H29N5O2/c29-13-10-18-15-24-22-14-20(26-28(22)17-18)23(30)25-16-21(19-8-4-3-5-9-19)27-11-6-1-2-7-12-27/h3-5,8-9,14-15,17,21,29H,1-2,6-7,10-13,16H2,(H,25,30). The van der Waals surface area contributed by atoms with Crippen LogP contribution in [0.5, 0.6) is 0 Å². The van der Waals surface area contributed by atoms with Crippen LogP contribution < -0.4 is 5.32 Å². The quantitative estimate of drug-likeness (QED) is 0.629. The summed E-state index contributed by atoms with van der Waals surface area (Å²) in [7, 11) is 0. The SMILES string of the molecule is O=C(NCC(c1ccccc1)N1CCCCCC1)c1cc2ncc(CCO)cn2n1. The van der Waals surface area contributed by atoms with Gasteiger partial charge < -0.3 is 10.4 Å². The van der Waals surface area contributed by atoms with Gasteiger partial charge >= 0.3 is 0 Å². The minimum atomic E-state index is -0.194. The molecule has 1 aromatic carbocycles. The van der Waals surface area contributed by atoms with Gasteiger partial charge in [0.15, 0.2) is 11.3 Å². The van der Waals surface area contributed by atoms with Gasteiger partial charge in [-0.15, -0.1) is 0 Å². The van der Waals surface area contributed by atoms with Crippen LogP contribution in [-0.2, 0) is 6.42 Å². The van der Waals surface area contributed by atoms with E-state index in [2.05, 4.69) is 44.6 Å². The average molecular weight is 408 g/mol. The molecule has 0 spiro atoms. The van der Waals surface area contributed by atoms with Gasteiger partial charge in [-0.3, -0.25) is 9.69 Å². The van der Waals surface area contributed by atoms with E-state index in [1.807, 2.05) is 6.07 Å². The fourth-order valence-electron chi connectivity index (χ4n) is 4.10. The second-order valence-electron chi connectivity index (χ2n) is 7.85. The van der Waals surface area contributed by atoms with Crippen molar-refractivity contribution in [3.63, 3.8) is 0 Å². The molecule has 1 fully saturated rings. The van der Waals surface area contributed by atoms with E-state index in [4.69, 9.17) is 5.11 Å². The van der Waals surface area contributed by atoms with Crippen molar-refractivity contribution in [1.29, 1.82) is 0 Å². The van der Waals surface area contributed by atoms with E-state index >= 15 is 0 Å². The van der Waals surface area contributed by atoms with Crippen molar-refractivity contribution in [3.8, 4) is 0 Å². The molecule has 1 saturated heterocycles. The predicted molar refractivity (Wildman–Crippen MR) is 115 cm³/mol. The Morgan fingerprint density at radius 3 is 2.63 bits per heavy atom. The topological polar surface area (TPSA) is 82.8 Å². The second kappa shape index (κ2) is 9.82. The number of carbonyl (C=O) groups excluding carboxylic acids is 1. The molecule has 1 atom stereocenters. The summed E-state index contributed by atoms with van der Waals surface area (Å²) in [5, 5.41) is 16.6. The summed E-state index contributed by atoms with van der Waals surface area (Å²) in [5.74, 6) is -0.194. The third-order valence-corrected chi connectivity index (χ3v) is 5.72. The molecule has 0 saturated carbocycles. The lowest BCUT2D eigenvalue weighted by molar-refractivity contribution is 0.0928. The molecule has 0 aliphatic carbocycles. The van der Waals surface area contributed by atoms with Gasteiger partial charge in [0.25, 0.3) is 5.91 Å². The minimum absolute atomic E-state index is 0.0547. The van der Waals surface area contributed by atoms with Crippen molar-refractivity contribution in [2.24, 2.45) is 0 Å². The Morgan fingerprint density at radius 2 is 1.90 bits per heavy atom. The van der Waals surface area contributed by atoms with Crippen molar-refractivity contribution >= 4 is 11.6 Å². The van der Waals surface area contributed by atoms with Crippen molar-refractivity contribution in [3.05, 3.63) is 65.6 Å². The number of hydrogen-bond donors (Lipinski definition) is 2. The molecule has 1 aliphatic heterocycles. The molecule has 7 heteroatoms. The van der Waals surface area contributed by atoms with Crippen LogP contribution in [-0.4, -0.2) is 56.8 Å². The van der Waals surface area contributed by atoms with E-state index in [1.54, 1.807) is 23.0 Å². The van der Waals surface area contributed by atoms with Crippen molar-refractivity contribution in [1.82, 2.24) is 24.8 Å². The number of aliphatic hydroxyl groups excluding tert-OH is 1. The zero-order valence-electron chi connectivity index (χ0n) is 17.2. The lowest BCUT2D eigenvalue weighted by atomic mass is 10.0. The van der Waals surface area contributed by atoms with E-state index in [-0.39, 0.29) is 18.6 Å². The lowest BCUT2D eigenvalue weighted by Crippen LogP contribution is -2.38. The maximum atomic E-state index is 12.8. The van der Waals surface area contributed by atoms with Crippen LogP contribution in [0.1, 0.15) is 53.3 Å². The van der Waals surface area contributed by atoms with Crippen LogP contribution >= 0.6 is 0 Å². The molecule has 7 nitrogen and oxygen atoms in total. The Balaban J connectivity index is 1.48. The Kier molecular flexibility index (Phi) is 6.71. The Hall–Kier alpha value is -2.77. The number of likely N-dealkylation sites (tertiary alicyclic amines) is 1. The molecule has 4 rings (SSSR count). The minimum Gasteiger partial charge on any atom is -0.396 e. The van der Waals surface area contributed by atoms with Gasteiger partial charge in [-0.2, -0.15) is 5.10 Å². The number of fused-ring (bicyclic) bond motifs is 1. The molecule has 3 heterocycles. The molecule has 0 bridgehead atoms. The van der Waals surface area contributed by atoms with Gasteiger partial charge in [-0.1, -0.05) is 43.2 Å². The molecule has 1 unspecified atom stereocenters. The molecule has 158 valence electrons. The highest BCUT2D eigenvalue weighted by molar-refractivity contribution is 5.93. The summed E-state index contributed by atoms with van der Waals surface area (Å²) < 4.78 is 1.60. The van der Waals surface area contributed by atoms with Crippen LogP contribution in [0, 0.1) is 0 Å². The van der Waals surface area contributed by atoms with Gasteiger partial charge in [0.1, 0.15) is 0 Å². The lowest BCUT2D eigenvalue weighted by Gasteiger charge is -2.31. The smallest absolute Gasteiger partial charge is 0.271 e. The third-order valence-electron chi connectivity index (χ3n) is 5.72. The van der Waals surface area contributed by atoms with E-state index in [0.29, 0.717) is 24.3 Å². The maximum absolute atomic E-state index is 12.8. The van der Waals surface area contributed by atoms with Gasteiger partial charge in [0.05, 0.1) is 6.04 Å². The molecule has 0 radical (unpaired) electrons. The summed E-state index contributed by atoms with van der Waals surface area (Å²) in [5.41, 5.74) is 3.08. The van der Waals surface area contributed by atoms with E-state index in [1.165, 1.54) is 31.2 Å². The number of rotatable bonds is 7. The first-order valence-electron chi connectivity index (χ1n) is 10.8. The first-order chi connectivity index (χ1) is 14.7. The van der Waals surface area contributed by atoms with Crippen LogP contribution in [0.3, 0.4) is 0 Å². The van der Waals surface area contributed by atoms with Gasteiger partial charge in [-0.25, -0.2) is 9.50 Å². The predicted octanol–water partition coefficient (Wildman–Crippen LogP) is 2.61. The zero-order valence-corrected chi connectivity index (χ0v) is 17.2. The van der Waals surface area contributed by atoms with Crippen LogP contribution in [0.25, 0.3) is 5.65 Å².